The maximum Gasteiger partial charge on any atom is 0.361 e. The van der Waals surface area contributed by atoms with Crippen LogP contribution in [-0.4, -0.2) is 40.3 Å². The highest BCUT2D eigenvalue weighted by molar-refractivity contribution is 6.05. The molecule has 134 valence electrons. The molecule has 0 aliphatic rings. The van der Waals surface area contributed by atoms with Crippen LogP contribution in [0.25, 0.3) is 11.1 Å². The summed E-state index contributed by atoms with van der Waals surface area (Å²) in [4.78, 5) is 32.0. The van der Waals surface area contributed by atoms with Gasteiger partial charge in [-0.2, -0.15) is 4.98 Å². The molecule has 26 heavy (non-hydrogen) atoms. The maximum atomic E-state index is 12.1. The van der Waals surface area contributed by atoms with Crippen LogP contribution in [0.1, 0.15) is 34.7 Å². The van der Waals surface area contributed by atoms with E-state index in [4.69, 9.17) is 14.0 Å². The molecule has 0 bridgehead atoms. The van der Waals surface area contributed by atoms with Crippen LogP contribution in [0.2, 0.25) is 0 Å². The molecule has 3 aromatic rings. The molecule has 2 aromatic heterocycles. The second-order valence-electron chi connectivity index (χ2n) is 5.08. The third kappa shape index (κ3) is 3.46. The molecule has 1 aromatic carbocycles. The first-order chi connectivity index (χ1) is 12.6. The molecule has 0 fully saturated rings. The number of hydrogen-bond acceptors (Lipinski definition) is 9. The second kappa shape index (κ2) is 7.60. The molecule has 0 atom stereocenters. The average Bonchev–Trinajstić information content (AvgIpc) is 3.08. The fourth-order valence-electron chi connectivity index (χ4n) is 2.30. The van der Waals surface area contributed by atoms with Crippen LogP contribution < -0.4 is 5.32 Å². The summed E-state index contributed by atoms with van der Waals surface area (Å²) in [5, 5.41) is 7.06. The Labute approximate surface area is 148 Å². The molecular weight excluding hydrogens is 340 g/mol. The van der Waals surface area contributed by atoms with Gasteiger partial charge in [-0.3, -0.25) is 0 Å². The second-order valence-corrected chi connectivity index (χ2v) is 5.08. The van der Waals surface area contributed by atoms with Crippen LogP contribution in [0, 0.1) is 0 Å². The lowest BCUT2D eigenvalue weighted by atomic mass is 10.2. The molecule has 2 heterocycles. The third-order valence-electron chi connectivity index (χ3n) is 3.38. The number of fused-ring (bicyclic) bond motifs is 1. The van der Waals surface area contributed by atoms with E-state index in [1.807, 2.05) is 0 Å². The largest absolute Gasteiger partial charge is 0.462 e. The zero-order valence-electron chi connectivity index (χ0n) is 14.2. The number of benzene rings is 1. The zero-order chi connectivity index (χ0) is 18.5. The van der Waals surface area contributed by atoms with Crippen molar-refractivity contribution in [3.05, 3.63) is 41.9 Å². The number of ether oxygens (including phenoxy) is 2. The van der Waals surface area contributed by atoms with Crippen molar-refractivity contribution in [1.29, 1.82) is 0 Å². The number of esters is 2. The van der Waals surface area contributed by atoms with E-state index in [0.717, 1.165) is 0 Å². The van der Waals surface area contributed by atoms with Crippen LogP contribution in [0.15, 0.2) is 35.1 Å². The first-order valence-electron chi connectivity index (χ1n) is 7.95. The van der Waals surface area contributed by atoms with Crippen LogP contribution in [0.3, 0.4) is 0 Å². The summed E-state index contributed by atoms with van der Waals surface area (Å²) in [6.45, 7) is 3.91. The van der Waals surface area contributed by atoms with Gasteiger partial charge in [0.15, 0.2) is 0 Å². The van der Waals surface area contributed by atoms with Crippen molar-refractivity contribution in [3.63, 3.8) is 0 Å². The summed E-state index contributed by atoms with van der Waals surface area (Å²) in [5.74, 6) is -0.758. The lowest BCUT2D eigenvalue weighted by Gasteiger charge is -2.08. The maximum absolute atomic E-state index is 12.1. The number of anilines is 2. The highest BCUT2D eigenvalue weighted by Crippen LogP contribution is 2.27. The van der Waals surface area contributed by atoms with Crippen molar-refractivity contribution in [2.24, 2.45) is 0 Å². The predicted molar refractivity (Wildman–Crippen MR) is 91.2 cm³/mol. The van der Waals surface area contributed by atoms with E-state index in [-0.39, 0.29) is 24.6 Å². The smallest absolute Gasteiger partial charge is 0.361 e. The molecule has 0 radical (unpaired) electrons. The minimum atomic E-state index is -0.635. The van der Waals surface area contributed by atoms with Gasteiger partial charge in [0.1, 0.15) is 17.5 Å². The van der Waals surface area contributed by atoms with E-state index in [0.29, 0.717) is 22.5 Å². The normalized spacial score (nSPS) is 10.5. The molecule has 9 nitrogen and oxygen atoms in total. The fraction of sp³-hybridized carbons (Fsp3) is 0.235. The van der Waals surface area contributed by atoms with Crippen LogP contribution >= 0.6 is 0 Å². The van der Waals surface area contributed by atoms with E-state index in [9.17, 15) is 9.59 Å². The average molecular weight is 356 g/mol. The van der Waals surface area contributed by atoms with E-state index in [1.165, 1.54) is 6.33 Å². The molecule has 9 heteroatoms. The summed E-state index contributed by atoms with van der Waals surface area (Å²) in [6, 6.07) is 6.70. The van der Waals surface area contributed by atoms with Gasteiger partial charge in [0.2, 0.25) is 5.69 Å². The summed E-state index contributed by atoms with van der Waals surface area (Å²) in [6.07, 6.45) is 1.28. The molecule has 0 spiro atoms. The van der Waals surface area contributed by atoms with Gasteiger partial charge in [-0.1, -0.05) is 11.2 Å². The van der Waals surface area contributed by atoms with Crippen molar-refractivity contribution >= 4 is 34.5 Å². The van der Waals surface area contributed by atoms with Crippen molar-refractivity contribution in [2.45, 2.75) is 13.8 Å². The van der Waals surface area contributed by atoms with Crippen molar-refractivity contribution < 1.29 is 23.6 Å². The molecular formula is C17H16N4O5. The number of carbonyl (C=O) groups excluding carboxylic acids is 2. The Bertz CT molecular complexity index is 953. The van der Waals surface area contributed by atoms with Gasteiger partial charge in [0.05, 0.1) is 18.8 Å². The van der Waals surface area contributed by atoms with E-state index >= 15 is 0 Å². The lowest BCUT2D eigenvalue weighted by Crippen LogP contribution is -2.07. The van der Waals surface area contributed by atoms with Gasteiger partial charge in [0, 0.05) is 5.69 Å². The Morgan fingerprint density at radius 3 is 2.65 bits per heavy atom. The van der Waals surface area contributed by atoms with Gasteiger partial charge >= 0.3 is 11.9 Å². The van der Waals surface area contributed by atoms with Gasteiger partial charge in [0.25, 0.3) is 5.71 Å². The Morgan fingerprint density at radius 1 is 1.12 bits per heavy atom. The molecule has 0 aliphatic carbocycles. The zero-order valence-corrected chi connectivity index (χ0v) is 14.2. The monoisotopic (exact) mass is 356 g/mol. The quantitative estimate of drug-likeness (QED) is 0.665. The van der Waals surface area contributed by atoms with Crippen LogP contribution in [0.4, 0.5) is 11.5 Å². The van der Waals surface area contributed by atoms with Gasteiger partial charge < -0.3 is 19.3 Å². The number of carbonyl (C=O) groups is 2. The summed E-state index contributed by atoms with van der Waals surface area (Å²) in [5.41, 5.74) is 1.09. The highest BCUT2D eigenvalue weighted by Gasteiger charge is 2.22. The van der Waals surface area contributed by atoms with Gasteiger partial charge in [-0.05, 0) is 32.0 Å². The van der Waals surface area contributed by atoms with Crippen molar-refractivity contribution in [1.82, 2.24) is 15.1 Å². The minimum absolute atomic E-state index is 0.0218. The molecule has 3 rings (SSSR count). The van der Waals surface area contributed by atoms with E-state index < -0.39 is 11.9 Å². The Kier molecular flexibility index (Phi) is 5.07. The highest BCUT2D eigenvalue weighted by atomic mass is 16.5. The topological polar surface area (TPSA) is 116 Å². The SMILES string of the molecule is CCOC(=O)c1cccc(Nc2ncnc3onc(C(=O)OCC)c23)c1. The molecule has 1 N–H and O–H groups in total. The van der Waals surface area contributed by atoms with Crippen molar-refractivity contribution in [3.8, 4) is 0 Å². The number of hydrogen-bond donors (Lipinski definition) is 1. The number of nitrogens with one attached hydrogen (secondary N) is 1. The minimum Gasteiger partial charge on any atom is -0.462 e. The van der Waals surface area contributed by atoms with Crippen LogP contribution in [-0.2, 0) is 9.47 Å². The van der Waals surface area contributed by atoms with Gasteiger partial charge in [-0.25, -0.2) is 14.6 Å². The van der Waals surface area contributed by atoms with E-state index in [1.54, 1.807) is 38.1 Å². The standard InChI is InChI=1S/C17H16N4O5/c1-3-24-16(22)10-6-5-7-11(8-10)20-14-12-13(17(23)25-4-2)21-26-15(12)19-9-18-14/h5-9H,3-4H2,1-2H3,(H,18,19,20). The summed E-state index contributed by atoms with van der Waals surface area (Å²) < 4.78 is 15.0. The number of nitrogens with zero attached hydrogens (tertiary/aromatic N) is 3. The Balaban J connectivity index is 1.96. The molecule has 0 unspecified atom stereocenters. The molecule has 0 aliphatic heterocycles. The summed E-state index contributed by atoms with van der Waals surface area (Å²) >= 11 is 0. The lowest BCUT2D eigenvalue weighted by molar-refractivity contribution is 0.0511. The van der Waals surface area contributed by atoms with E-state index in [2.05, 4.69) is 20.4 Å². The summed E-state index contributed by atoms with van der Waals surface area (Å²) in [7, 11) is 0. The molecule has 0 saturated heterocycles. The molecule has 0 saturated carbocycles. The van der Waals surface area contributed by atoms with Crippen molar-refractivity contribution in [2.75, 3.05) is 18.5 Å². The first kappa shape index (κ1) is 17.3. The third-order valence-corrected chi connectivity index (χ3v) is 3.38. The number of aromatic nitrogens is 3. The molecule has 0 amide bonds. The number of rotatable bonds is 6. The fourth-order valence-corrected chi connectivity index (χ4v) is 2.30. The first-order valence-corrected chi connectivity index (χ1v) is 7.95. The van der Waals surface area contributed by atoms with Crippen LogP contribution in [0.5, 0.6) is 0 Å². The van der Waals surface area contributed by atoms with Gasteiger partial charge in [-0.15, -0.1) is 0 Å². The Hall–Kier alpha value is -3.49. The predicted octanol–water partition coefficient (Wildman–Crippen LogP) is 2.71. The Morgan fingerprint density at radius 2 is 1.88 bits per heavy atom.